The van der Waals surface area contributed by atoms with Crippen LogP contribution in [0, 0.1) is 5.92 Å². The van der Waals surface area contributed by atoms with E-state index in [2.05, 4.69) is 0 Å². The summed E-state index contributed by atoms with van der Waals surface area (Å²) in [5.41, 5.74) is 0. The summed E-state index contributed by atoms with van der Waals surface area (Å²) in [4.78, 5) is 25.5. The molecule has 4 nitrogen and oxygen atoms in total. The number of rotatable bonds is 3. The molecule has 1 saturated heterocycles. The molecule has 1 atom stereocenters. The van der Waals surface area contributed by atoms with Crippen molar-refractivity contribution in [2.45, 2.75) is 45.1 Å². The molecule has 90 valence electrons. The number of carbonyl (C=O) groups is 2. The van der Waals surface area contributed by atoms with Gasteiger partial charge in [-0.25, -0.2) is 4.79 Å². The summed E-state index contributed by atoms with van der Waals surface area (Å²) in [6, 6.07) is -0.312. The summed E-state index contributed by atoms with van der Waals surface area (Å²) in [6.07, 6.45) is 4.81. The number of carbonyl (C=O) groups excluding carboxylic acids is 2. The van der Waals surface area contributed by atoms with Crippen LogP contribution in [-0.4, -0.2) is 36.0 Å². The average molecular weight is 225 g/mol. The van der Waals surface area contributed by atoms with Crippen molar-refractivity contribution in [2.24, 2.45) is 5.92 Å². The lowest BCUT2D eigenvalue weighted by Crippen LogP contribution is -2.45. The van der Waals surface area contributed by atoms with Gasteiger partial charge in [0.05, 0.1) is 6.61 Å². The van der Waals surface area contributed by atoms with E-state index in [4.69, 9.17) is 4.74 Å². The summed E-state index contributed by atoms with van der Waals surface area (Å²) < 4.78 is 5.00. The van der Waals surface area contributed by atoms with Crippen molar-refractivity contribution in [3.8, 4) is 0 Å². The van der Waals surface area contributed by atoms with Crippen LogP contribution in [0.25, 0.3) is 0 Å². The summed E-state index contributed by atoms with van der Waals surface area (Å²) in [7, 11) is 0. The van der Waals surface area contributed by atoms with Gasteiger partial charge in [-0.15, -0.1) is 0 Å². The van der Waals surface area contributed by atoms with Crippen LogP contribution in [0.4, 0.5) is 0 Å². The maximum Gasteiger partial charge on any atom is 0.328 e. The minimum atomic E-state index is -0.312. The highest BCUT2D eigenvalue weighted by atomic mass is 16.5. The third-order valence-electron chi connectivity index (χ3n) is 3.55. The number of hydrogen-bond donors (Lipinski definition) is 0. The van der Waals surface area contributed by atoms with Crippen molar-refractivity contribution in [1.29, 1.82) is 0 Å². The Bertz CT molecular complexity index is 286. The number of amides is 1. The van der Waals surface area contributed by atoms with Gasteiger partial charge in [-0.2, -0.15) is 0 Å². The molecule has 4 heteroatoms. The first-order valence-electron chi connectivity index (χ1n) is 6.21. The molecule has 0 radical (unpaired) electrons. The predicted octanol–water partition coefficient (Wildman–Crippen LogP) is 1.34. The van der Waals surface area contributed by atoms with Crippen molar-refractivity contribution in [2.75, 3.05) is 13.2 Å². The maximum atomic E-state index is 12.1. The topological polar surface area (TPSA) is 46.6 Å². The van der Waals surface area contributed by atoms with E-state index in [-0.39, 0.29) is 23.8 Å². The van der Waals surface area contributed by atoms with Crippen LogP contribution in [0.5, 0.6) is 0 Å². The first-order chi connectivity index (χ1) is 7.74. The van der Waals surface area contributed by atoms with E-state index in [0.717, 1.165) is 38.6 Å². The first kappa shape index (κ1) is 11.4. The lowest BCUT2D eigenvalue weighted by Gasteiger charge is -2.31. The Hall–Kier alpha value is -1.06. The quantitative estimate of drug-likeness (QED) is 0.681. The van der Waals surface area contributed by atoms with Crippen LogP contribution >= 0.6 is 0 Å². The van der Waals surface area contributed by atoms with Gasteiger partial charge in [-0.1, -0.05) is 6.42 Å². The molecule has 1 aliphatic carbocycles. The van der Waals surface area contributed by atoms with Gasteiger partial charge in [0.2, 0.25) is 5.91 Å². The van der Waals surface area contributed by atoms with Gasteiger partial charge < -0.3 is 9.64 Å². The molecular weight excluding hydrogens is 206 g/mol. The zero-order chi connectivity index (χ0) is 11.5. The Balaban J connectivity index is 1.96. The zero-order valence-corrected chi connectivity index (χ0v) is 9.78. The molecule has 1 unspecified atom stereocenters. The Morgan fingerprint density at radius 2 is 2.00 bits per heavy atom. The van der Waals surface area contributed by atoms with E-state index < -0.39 is 0 Å². The predicted molar refractivity (Wildman–Crippen MR) is 58.7 cm³/mol. The molecule has 0 spiro atoms. The maximum absolute atomic E-state index is 12.1. The standard InChI is InChI=1S/C12H19NO3/c1-2-16-12(15)10-7-4-8-13(10)11(14)9-5-3-6-9/h9-10H,2-8H2,1H3. The fourth-order valence-corrected chi connectivity index (χ4v) is 2.40. The van der Waals surface area contributed by atoms with Crippen molar-refractivity contribution in [1.82, 2.24) is 4.90 Å². The highest BCUT2D eigenvalue weighted by molar-refractivity contribution is 5.86. The molecule has 2 rings (SSSR count). The molecule has 0 N–H and O–H groups in total. The molecular formula is C12H19NO3. The monoisotopic (exact) mass is 225 g/mol. The van der Waals surface area contributed by atoms with Gasteiger partial charge in [-0.3, -0.25) is 4.79 Å². The SMILES string of the molecule is CCOC(=O)C1CCCN1C(=O)C1CCC1. The largest absolute Gasteiger partial charge is 0.464 e. The van der Waals surface area contributed by atoms with E-state index in [9.17, 15) is 9.59 Å². The van der Waals surface area contributed by atoms with E-state index in [1.165, 1.54) is 0 Å². The van der Waals surface area contributed by atoms with E-state index in [1.54, 1.807) is 11.8 Å². The first-order valence-corrected chi connectivity index (χ1v) is 6.21. The molecule has 1 saturated carbocycles. The van der Waals surface area contributed by atoms with E-state index in [0.29, 0.717) is 6.61 Å². The van der Waals surface area contributed by atoms with Gasteiger partial charge in [-0.05, 0) is 32.6 Å². The minimum Gasteiger partial charge on any atom is -0.464 e. The second-order valence-corrected chi connectivity index (χ2v) is 4.57. The summed E-state index contributed by atoms with van der Waals surface area (Å²) in [5.74, 6) is 0.115. The molecule has 16 heavy (non-hydrogen) atoms. The van der Waals surface area contributed by atoms with Crippen molar-refractivity contribution < 1.29 is 14.3 Å². The van der Waals surface area contributed by atoms with Crippen LogP contribution in [0.3, 0.4) is 0 Å². The van der Waals surface area contributed by atoms with Gasteiger partial charge in [0, 0.05) is 12.5 Å². The molecule has 0 aromatic rings. The van der Waals surface area contributed by atoms with Gasteiger partial charge in [0.1, 0.15) is 6.04 Å². The van der Waals surface area contributed by atoms with Crippen molar-refractivity contribution in [3.63, 3.8) is 0 Å². The molecule has 1 aliphatic heterocycles. The van der Waals surface area contributed by atoms with Crippen LogP contribution in [0.2, 0.25) is 0 Å². The number of ether oxygens (including phenoxy) is 1. The minimum absolute atomic E-state index is 0.168. The van der Waals surface area contributed by atoms with Gasteiger partial charge in [0.25, 0.3) is 0 Å². The smallest absolute Gasteiger partial charge is 0.328 e. The van der Waals surface area contributed by atoms with Crippen molar-refractivity contribution >= 4 is 11.9 Å². The van der Waals surface area contributed by atoms with Gasteiger partial charge in [0.15, 0.2) is 0 Å². The number of hydrogen-bond acceptors (Lipinski definition) is 3. The Morgan fingerprint density at radius 3 is 2.56 bits per heavy atom. The fraction of sp³-hybridized carbons (Fsp3) is 0.833. The second-order valence-electron chi connectivity index (χ2n) is 4.57. The molecule has 2 fully saturated rings. The van der Waals surface area contributed by atoms with E-state index in [1.807, 2.05) is 0 Å². The fourth-order valence-electron chi connectivity index (χ4n) is 2.40. The van der Waals surface area contributed by atoms with E-state index >= 15 is 0 Å². The average Bonchev–Trinajstić information content (AvgIpc) is 2.63. The number of likely N-dealkylation sites (tertiary alicyclic amines) is 1. The number of nitrogens with zero attached hydrogens (tertiary/aromatic N) is 1. The Kier molecular flexibility index (Phi) is 3.46. The molecule has 0 bridgehead atoms. The third-order valence-corrected chi connectivity index (χ3v) is 3.55. The molecule has 1 heterocycles. The lowest BCUT2D eigenvalue weighted by atomic mass is 9.84. The Labute approximate surface area is 95.9 Å². The molecule has 1 amide bonds. The summed E-state index contributed by atoms with van der Waals surface area (Å²) in [6.45, 7) is 2.91. The third kappa shape index (κ3) is 2.06. The van der Waals surface area contributed by atoms with Crippen LogP contribution in [0.1, 0.15) is 39.0 Å². The van der Waals surface area contributed by atoms with Gasteiger partial charge >= 0.3 is 5.97 Å². The van der Waals surface area contributed by atoms with Crippen molar-refractivity contribution in [3.05, 3.63) is 0 Å². The molecule has 0 aromatic heterocycles. The summed E-state index contributed by atoms with van der Waals surface area (Å²) >= 11 is 0. The second kappa shape index (κ2) is 4.85. The van der Waals surface area contributed by atoms with Crippen LogP contribution in [0.15, 0.2) is 0 Å². The summed E-state index contributed by atoms with van der Waals surface area (Å²) in [5, 5.41) is 0. The number of esters is 1. The lowest BCUT2D eigenvalue weighted by molar-refractivity contribution is -0.155. The zero-order valence-electron chi connectivity index (χ0n) is 9.78. The molecule has 0 aromatic carbocycles. The Morgan fingerprint density at radius 1 is 1.25 bits per heavy atom. The highest BCUT2D eigenvalue weighted by Crippen LogP contribution is 2.31. The molecule has 2 aliphatic rings. The van der Waals surface area contributed by atoms with Crippen LogP contribution in [-0.2, 0) is 14.3 Å². The van der Waals surface area contributed by atoms with Crippen LogP contribution < -0.4 is 0 Å². The normalized spacial score (nSPS) is 25.3. The highest BCUT2D eigenvalue weighted by Gasteiger charge is 2.39.